The molecule has 3 aromatic rings. The normalized spacial score (nSPS) is 16.2. The Labute approximate surface area is 211 Å². The van der Waals surface area contributed by atoms with Crippen molar-refractivity contribution in [2.24, 2.45) is 0 Å². The number of benzene rings is 2. The van der Waals surface area contributed by atoms with E-state index in [4.69, 9.17) is 25.7 Å². The fourth-order valence-electron chi connectivity index (χ4n) is 4.32. The molecular formula is C28H32FN3O4. The van der Waals surface area contributed by atoms with Gasteiger partial charge in [-0.15, -0.1) is 6.42 Å². The van der Waals surface area contributed by atoms with Crippen LogP contribution in [-0.4, -0.2) is 64.9 Å². The quantitative estimate of drug-likeness (QED) is 0.303. The lowest BCUT2D eigenvalue weighted by molar-refractivity contribution is 0.00935. The Hall–Kier alpha value is -3.22. The summed E-state index contributed by atoms with van der Waals surface area (Å²) in [4.78, 5) is 2.12. The summed E-state index contributed by atoms with van der Waals surface area (Å²) in [6.07, 6.45) is 6.60. The number of ether oxygens (including phenoxy) is 3. The molecule has 0 saturated carbocycles. The first-order valence-electron chi connectivity index (χ1n) is 12.1. The smallest absolute Gasteiger partial charge is 0.227 e. The molecule has 0 bridgehead atoms. The fraction of sp³-hybridized carbons (Fsp3) is 0.393. The van der Waals surface area contributed by atoms with Crippen LogP contribution >= 0.6 is 0 Å². The van der Waals surface area contributed by atoms with Gasteiger partial charge < -0.3 is 19.3 Å². The molecule has 2 aromatic carbocycles. The summed E-state index contributed by atoms with van der Waals surface area (Å²) in [7, 11) is 0. The summed E-state index contributed by atoms with van der Waals surface area (Å²) in [5.74, 6) is 2.91. The van der Waals surface area contributed by atoms with Crippen molar-refractivity contribution in [3.63, 3.8) is 0 Å². The van der Waals surface area contributed by atoms with Crippen molar-refractivity contribution in [1.29, 1.82) is 0 Å². The molecule has 1 aliphatic rings. The number of aryl methyl sites for hydroxylation is 1. The number of aliphatic hydroxyl groups is 1. The Bertz CT molecular complexity index is 1160. The number of aliphatic hydroxyl groups excluding tert-OH is 1. The molecule has 1 aliphatic heterocycles. The maximum Gasteiger partial charge on any atom is 0.227 e. The van der Waals surface area contributed by atoms with E-state index in [0.717, 1.165) is 36.4 Å². The minimum atomic E-state index is -0.725. The highest BCUT2D eigenvalue weighted by Crippen LogP contribution is 2.32. The number of hydrogen-bond acceptors (Lipinski definition) is 6. The maximum atomic E-state index is 13.9. The maximum absolute atomic E-state index is 13.9. The fourth-order valence-corrected chi connectivity index (χ4v) is 4.32. The van der Waals surface area contributed by atoms with Crippen LogP contribution in [0.15, 0.2) is 54.6 Å². The first kappa shape index (κ1) is 25.9. The summed E-state index contributed by atoms with van der Waals surface area (Å²) in [5, 5.41) is 15.4. The van der Waals surface area contributed by atoms with Crippen LogP contribution in [0.5, 0.6) is 11.6 Å². The summed E-state index contributed by atoms with van der Waals surface area (Å²) in [5.41, 5.74) is 2.45. The van der Waals surface area contributed by atoms with Crippen molar-refractivity contribution in [3.8, 4) is 29.7 Å². The van der Waals surface area contributed by atoms with E-state index in [1.807, 2.05) is 37.3 Å². The molecule has 0 aliphatic carbocycles. The van der Waals surface area contributed by atoms with Crippen LogP contribution in [0.2, 0.25) is 0 Å². The van der Waals surface area contributed by atoms with Gasteiger partial charge in [0.2, 0.25) is 5.88 Å². The van der Waals surface area contributed by atoms with Gasteiger partial charge in [0.15, 0.2) is 0 Å². The van der Waals surface area contributed by atoms with E-state index in [2.05, 4.69) is 10.8 Å². The molecule has 8 heteroatoms. The summed E-state index contributed by atoms with van der Waals surface area (Å²) >= 11 is 0. The third kappa shape index (κ3) is 6.93. The molecule has 4 rings (SSSR count). The lowest BCUT2D eigenvalue weighted by atomic mass is 10.1. The highest BCUT2D eigenvalue weighted by atomic mass is 19.1. The van der Waals surface area contributed by atoms with Crippen molar-refractivity contribution in [3.05, 3.63) is 71.7 Å². The Morgan fingerprint density at radius 1 is 1.28 bits per heavy atom. The van der Waals surface area contributed by atoms with Gasteiger partial charge in [-0.05, 0) is 44.0 Å². The SMILES string of the molecule is C#CCOC[C@@H](O)CN(Cc1c(C)nn(-c2ccccc2)c1Oc1cccc(F)c1)C[C@H]1CCCO1. The van der Waals surface area contributed by atoms with E-state index in [0.29, 0.717) is 31.3 Å². The van der Waals surface area contributed by atoms with Crippen LogP contribution in [-0.2, 0) is 16.0 Å². The molecule has 0 unspecified atom stereocenters. The van der Waals surface area contributed by atoms with Gasteiger partial charge in [-0.1, -0.05) is 30.2 Å². The van der Waals surface area contributed by atoms with Crippen LogP contribution in [0, 0.1) is 25.1 Å². The molecular weight excluding hydrogens is 461 g/mol. The van der Waals surface area contributed by atoms with Gasteiger partial charge in [-0.2, -0.15) is 5.10 Å². The molecule has 2 atom stereocenters. The molecule has 0 amide bonds. The predicted molar refractivity (Wildman–Crippen MR) is 135 cm³/mol. The van der Waals surface area contributed by atoms with Crippen LogP contribution in [0.1, 0.15) is 24.1 Å². The van der Waals surface area contributed by atoms with Gasteiger partial charge >= 0.3 is 0 Å². The van der Waals surface area contributed by atoms with E-state index in [9.17, 15) is 9.50 Å². The molecule has 1 N–H and O–H groups in total. The van der Waals surface area contributed by atoms with Gasteiger partial charge in [0.25, 0.3) is 0 Å². The van der Waals surface area contributed by atoms with Crippen molar-refractivity contribution < 1.29 is 23.7 Å². The summed E-state index contributed by atoms with van der Waals surface area (Å²) < 4.78 is 33.1. The number of para-hydroxylation sites is 1. The zero-order valence-corrected chi connectivity index (χ0v) is 20.5. The van der Waals surface area contributed by atoms with E-state index in [1.54, 1.807) is 16.8 Å². The lowest BCUT2D eigenvalue weighted by Crippen LogP contribution is -2.39. The first-order chi connectivity index (χ1) is 17.5. The average molecular weight is 494 g/mol. The Balaban J connectivity index is 1.64. The van der Waals surface area contributed by atoms with Crippen molar-refractivity contribution in [2.45, 2.75) is 38.5 Å². The second-order valence-electron chi connectivity index (χ2n) is 8.88. The lowest BCUT2D eigenvalue weighted by Gasteiger charge is -2.27. The second-order valence-corrected chi connectivity index (χ2v) is 8.88. The minimum Gasteiger partial charge on any atom is -0.438 e. The Morgan fingerprint density at radius 2 is 2.11 bits per heavy atom. The summed E-state index contributed by atoms with van der Waals surface area (Å²) in [6, 6.07) is 15.7. The first-order valence-corrected chi connectivity index (χ1v) is 12.1. The molecule has 1 saturated heterocycles. The number of hydrogen-bond donors (Lipinski definition) is 1. The van der Waals surface area contributed by atoms with Crippen LogP contribution in [0.25, 0.3) is 5.69 Å². The van der Waals surface area contributed by atoms with Gasteiger partial charge in [0.05, 0.1) is 35.8 Å². The minimum absolute atomic E-state index is 0.0842. The van der Waals surface area contributed by atoms with Gasteiger partial charge in [0.1, 0.15) is 18.2 Å². The monoisotopic (exact) mass is 493 g/mol. The Kier molecular flexibility index (Phi) is 9.09. The molecule has 7 nitrogen and oxygen atoms in total. The number of terminal acetylenes is 1. The highest BCUT2D eigenvalue weighted by molar-refractivity contribution is 5.43. The number of halogens is 1. The third-order valence-corrected chi connectivity index (χ3v) is 5.98. The van der Waals surface area contributed by atoms with E-state index >= 15 is 0 Å². The number of rotatable bonds is 12. The average Bonchev–Trinajstić information content (AvgIpc) is 3.48. The molecule has 1 fully saturated rings. The highest BCUT2D eigenvalue weighted by Gasteiger charge is 2.26. The topological polar surface area (TPSA) is 69.0 Å². The zero-order valence-electron chi connectivity index (χ0n) is 20.5. The Morgan fingerprint density at radius 3 is 2.83 bits per heavy atom. The standard InChI is InChI=1S/C28H32FN3O4/c1-3-14-34-20-24(33)17-31(18-26-13-8-15-35-26)19-27-21(2)30-32(23-10-5-4-6-11-23)28(27)36-25-12-7-9-22(29)16-25/h1,4-7,9-12,16,24,26,33H,8,13-15,17-20H2,2H3/t24-,26+/m0/s1. The molecule has 36 heavy (non-hydrogen) atoms. The van der Waals surface area contributed by atoms with E-state index in [-0.39, 0.29) is 25.1 Å². The van der Waals surface area contributed by atoms with Crippen molar-refractivity contribution in [2.75, 3.05) is 32.9 Å². The van der Waals surface area contributed by atoms with Crippen LogP contribution in [0.4, 0.5) is 4.39 Å². The van der Waals surface area contributed by atoms with E-state index < -0.39 is 6.10 Å². The van der Waals surface area contributed by atoms with Gasteiger partial charge in [-0.25, -0.2) is 9.07 Å². The number of aromatic nitrogens is 2. The second kappa shape index (κ2) is 12.7. The summed E-state index contributed by atoms with van der Waals surface area (Å²) in [6.45, 7) is 4.41. The third-order valence-electron chi connectivity index (χ3n) is 5.98. The molecule has 1 aromatic heterocycles. The largest absolute Gasteiger partial charge is 0.438 e. The van der Waals surface area contributed by atoms with Gasteiger partial charge in [-0.3, -0.25) is 4.90 Å². The molecule has 0 radical (unpaired) electrons. The van der Waals surface area contributed by atoms with Crippen LogP contribution in [0.3, 0.4) is 0 Å². The van der Waals surface area contributed by atoms with Crippen LogP contribution < -0.4 is 4.74 Å². The molecule has 2 heterocycles. The predicted octanol–water partition coefficient (Wildman–Crippen LogP) is 4.10. The molecule has 190 valence electrons. The van der Waals surface area contributed by atoms with E-state index in [1.165, 1.54) is 12.1 Å². The van der Waals surface area contributed by atoms with Gasteiger partial charge in [0, 0.05) is 32.3 Å². The zero-order chi connectivity index (χ0) is 25.3. The number of nitrogens with zero attached hydrogens (tertiary/aromatic N) is 3. The van der Waals surface area contributed by atoms with Crippen molar-refractivity contribution >= 4 is 0 Å². The van der Waals surface area contributed by atoms with Crippen molar-refractivity contribution in [1.82, 2.24) is 14.7 Å². The molecule has 0 spiro atoms.